The Hall–Kier alpha value is -2.15. The van der Waals surface area contributed by atoms with Crippen molar-refractivity contribution in [3.05, 3.63) is 69.7 Å². The van der Waals surface area contributed by atoms with Crippen LogP contribution in [-0.4, -0.2) is 31.3 Å². The van der Waals surface area contributed by atoms with E-state index < -0.39 is 0 Å². The Morgan fingerprint density at radius 2 is 1.82 bits per heavy atom. The summed E-state index contributed by atoms with van der Waals surface area (Å²) in [6, 6.07) is 15.8. The van der Waals surface area contributed by atoms with Crippen LogP contribution in [0.25, 0.3) is 0 Å². The number of nitriles is 1. The molecule has 0 saturated carbocycles. The Morgan fingerprint density at radius 3 is 2.12 bits per heavy atom. The molecule has 2 aromatic carbocycles. The summed E-state index contributed by atoms with van der Waals surface area (Å²) in [4.78, 5) is 12.4. The summed E-state index contributed by atoms with van der Waals surface area (Å²) < 4.78 is 0. The number of benzene rings is 2. The lowest BCUT2D eigenvalue weighted by Gasteiger charge is -2.10. The van der Waals surface area contributed by atoms with E-state index >= 15 is 0 Å². The smallest absolute Gasteiger partial charge is 0.125 e. The third kappa shape index (κ3) is 13.9. The molecular formula is C29H43ClN2O. The van der Waals surface area contributed by atoms with Crippen LogP contribution in [0.1, 0.15) is 69.7 Å². The standard InChI is InChI=1S/C9H12.C8H6ClN.C6H13N.C6H12O/c1-3-9-7-5-4-6-8(9)2;1-6-2-3-7(5-10)8(9)4-6;1-6-3-4-7(2)5-6;1-4-6(2,3)5-7/h4-7H,3H2,1-2H3;2-4H,1H3;6H,3-5H2,1-2H3;5H,4H2,1-3H3. The van der Waals surface area contributed by atoms with Gasteiger partial charge in [-0.3, -0.25) is 0 Å². The van der Waals surface area contributed by atoms with Crippen LogP contribution in [0.5, 0.6) is 0 Å². The number of hydrogen-bond acceptors (Lipinski definition) is 3. The molecule has 0 amide bonds. The van der Waals surface area contributed by atoms with Gasteiger partial charge >= 0.3 is 0 Å². The number of likely N-dealkylation sites (tertiary alicyclic amines) is 1. The van der Waals surface area contributed by atoms with Gasteiger partial charge in [-0.05, 0) is 81.4 Å². The highest BCUT2D eigenvalue weighted by Crippen LogP contribution is 2.16. The maximum atomic E-state index is 10.1. The van der Waals surface area contributed by atoms with Gasteiger partial charge in [0.05, 0.1) is 10.6 Å². The van der Waals surface area contributed by atoms with Gasteiger partial charge in [0, 0.05) is 12.0 Å². The number of carbonyl (C=O) groups excluding carboxylic acids is 1. The molecule has 0 spiro atoms. The van der Waals surface area contributed by atoms with E-state index in [4.69, 9.17) is 16.9 Å². The van der Waals surface area contributed by atoms with Crippen LogP contribution in [0, 0.1) is 36.5 Å². The Balaban J connectivity index is 0.000000419. The van der Waals surface area contributed by atoms with Crippen molar-refractivity contribution in [2.75, 3.05) is 20.1 Å². The van der Waals surface area contributed by atoms with Crippen molar-refractivity contribution in [1.29, 1.82) is 5.26 Å². The van der Waals surface area contributed by atoms with Gasteiger partial charge in [-0.1, -0.05) is 76.6 Å². The topological polar surface area (TPSA) is 44.1 Å². The summed E-state index contributed by atoms with van der Waals surface area (Å²) in [5, 5.41) is 9.00. The van der Waals surface area contributed by atoms with Crippen molar-refractivity contribution in [2.45, 2.75) is 67.7 Å². The Morgan fingerprint density at radius 1 is 1.18 bits per heavy atom. The molecule has 1 heterocycles. The first kappa shape index (κ1) is 30.9. The minimum Gasteiger partial charge on any atom is -0.306 e. The number of hydrogen-bond donors (Lipinski definition) is 0. The first-order valence-electron chi connectivity index (χ1n) is 11.8. The van der Waals surface area contributed by atoms with E-state index in [-0.39, 0.29) is 5.41 Å². The maximum Gasteiger partial charge on any atom is 0.125 e. The van der Waals surface area contributed by atoms with E-state index in [9.17, 15) is 4.79 Å². The Labute approximate surface area is 207 Å². The van der Waals surface area contributed by atoms with Crippen molar-refractivity contribution in [1.82, 2.24) is 4.90 Å². The van der Waals surface area contributed by atoms with Gasteiger partial charge in [0.15, 0.2) is 0 Å². The molecule has 182 valence electrons. The number of halogens is 1. The second-order valence-corrected chi connectivity index (χ2v) is 9.90. The largest absolute Gasteiger partial charge is 0.306 e. The van der Waals surface area contributed by atoms with Crippen molar-refractivity contribution >= 4 is 17.9 Å². The number of aryl methyl sites for hydroxylation is 3. The molecule has 2 aromatic rings. The predicted molar refractivity (Wildman–Crippen MR) is 143 cm³/mol. The monoisotopic (exact) mass is 470 g/mol. The van der Waals surface area contributed by atoms with E-state index in [0.717, 1.165) is 30.6 Å². The summed E-state index contributed by atoms with van der Waals surface area (Å²) in [5.41, 5.74) is 4.37. The third-order valence-electron chi connectivity index (χ3n) is 5.74. The molecule has 33 heavy (non-hydrogen) atoms. The van der Waals surface area contributed by atoms with Gasteiger partial charge in [0.1, 0.15) is 12.4 Å². The number of nitrogens with zero attached hydrogens (tertiary/aromatic N) is 2. The van der Waals surface area contributed by atoms with Gasteiger partial charge in [-0.15, -0.1) is 0 Å². The molecule has 1 aliphatic rings. The highest BCUT2D eigenvalue weighted by molar-refractivity contribution is 6.31. The quantitative estimate of drug-likeness (QED) is 0.432. The van der Waals surface area contributed by atoms with Crippen LogP contribution in [0.15, 0.2) is 42.5 Å². The molecule has 0 aliphatic carbocycles. The zero-order valence-corrected chi connectivity index (χ0v) is 22.7. The van der Waals surface area contributed by atoms with Crippen LogP contribution in [0.4, 0.5) is 0 Å². The zero-order chi connectivity index (χ0) is 25.4. The lowest BCUT2D eigenvalue weighted by atomic mass is 9.93. The highest BCUT2D eigenvalue weighted by Gasteiger charge is 2.13. The summed E-state index contributed by atoms with van der Waals surface area (Å²) in [6.07, 6.45) is 4.46. The Kier molecular flexibility index (Phi) is 15.4. The summed E-state index contributed by atoms with van der Waals surface area (Å²) in [7, 11) is 2.18. The molecule has 0 radical (unpaired) electrons. The fourth-order valence-corrected chi connectivity index (χ4v) is 3.23. The molecule has 0 bridgehead atoms. The van der Waals surface area contributed by atoms with Crippen molar-refractivity contribution in [3.8, 4) is 6.07 Å². The highest BCUT2D eigenvalue weighted by atomic mass is 35.5. The molecule has 0 aromatic heterocycles. The number of carbonyl (C=O) groups is 1. The number of rotatable bonds is 3. The van der Waals surface area contributed by atoms with Gasteiger partial charge < -0.3 is 9.69 Å². The summed E-state index contributed by atoms with van der Waals surface area (Å²) >= 11 is 5.71. The average molecular weight is 471 g/mol. The number of aldehydes is 1. The van der Waals surface area contributed by atoms with Crippen molar-refractivity contribution in [3.63, 3.8) is 0 Å². The van der Waals surface area contributed by atoms with Crippen molar-refractivity contribution < 1.29 is 4.79 Å². The van der Waals surface area contributed by atoms with Crippen LogP contribution in [-0.2, 0) is 11.2 Å². The molecule has 1 fully saturated rings. The fourth-order valence-electron chi connectivity index (χ4n) is 2.96. The minimum atomic E-state index is -0.0972. The second kappa shape index (κ2) is 16.5. The molecule has 1 saturated heterocycles. The fraction of sp³-hybridized carbons (Fsp3) is 0.517. The lowest BCUT2D eigenvalue weighted by molar-refractivity contribution is -0.114. The first-order chi connectivity index (χ1) is 15.5. The van der Waals surface area contributed by atoms with E-state index in [1.165, 1.54) is 30.6 Å². The first-order valence-corrected chi connectivity index (χ1v) is 12.2. The molecule has 1 aliphatic heterocycles. The Bertz CT molecular complexity index is 862. The normalized spacial score (nSPS) is 15.0. The molecule has 0 N–H and O–H groups in total. The van der Waals surface area contributed by atoms with Gasteiger partial charge in [0.25, 0.3) is 0 Å². The third-order valence-corrected chi connectivity index (χ3v) is 6.06. The van der Waals surface area contributed by atoms with Crippen LogP contribution in [0.2, 0.25) is 5.02 Å². The lowest BCUT2D eigenvalue weighted by Crippen LogP contribution is -2.12. The van der Waals surface area contributed by atoms with E-state index in [2.05, 4.69) is 57.0 Å². The molecule has 1 unspecified atom stereocenters. The molecule has 1 atom stereocenters. The van der Waals surface area contributed by atoms with Crippen LogP contribution in [0.3, 0.4) is 0 Å². The van der Waals surface area contributed by atoms with Gasteiger partial charge in [-0.2, -0.15) is 5.26 Å². The molecular weight excluding hydrogens is 428 g/mol. The molecule has 4 heteroatoms. The van der Waals surface area contributed by atoms with Crippen LogP contribution < -0.4 is 0 Å². The second-order valence-electron chi connectivity index (χ2n) is 9.49. The van der Waals surface area contributed by atoms with Gasteiger partial charge in [-0.25, -0.2) is 0 Å². The molecule has 3 nitrogen and oxygen atoms in total. The SMILES string of the molecule is CC1CCN(C)C1.CCC(C)(C)C=O.CCc1ccccc1C.Cc1ccc(C#N)c(Cl)c1. The minimum absolute atomic E-state index is 0.0972. The van der Waals surface area contributed by atoms with Gasteiger partial charge in [0.2, 0.25) is 0 Å². The summed E-state index contributed by atoms with van der Waals surface area (Å²) in [5.74, 6) is 0.949. The van der Waals surface area contributed by atoms with Crippen molar-refractivity contribution in [2.24, 2.45) is 11.3 Å². The van der Waals surface area contributed by atoms with E-state index in [0.29, 0.717) is 10.6 Å². The van der Waals surface area contributed by atoms with E-state index in [1.54, 1.807) is 12.1 Å². The summed E-state index contributed by atoms with van der Waals surface area (Å²) in [6.45, 7) is 17.1. The predicted octanol–water partition coefficient (Wildman–Crippen LogP) is 7.66. The van der Waals surface area contributed by atoms with Crippen LogP contribution >= 0.6 is 11.6 Å². The average Bonchev–Trinajstić information content (AvgIpc) is 3.18. The van der Waals surface area contributed by atoms with E-state index in [1.807, 2.05) is 39.8 Å². The maximum absolute atomic E-state index is 10.1. The molecule has 3 rings (SSSR count). The zero-order valence-electron chi connectivity index (χ0n) is 21.9.